The Morgan fingerprint density at radius 2 is 1.41 bits per heavy atom. The highest BCUT2D eigenvalue weighted by Gasteiger charge is 2.26. The first-order valence-corrected chi connectivity index (χ1v) is 10.5. The lowest BCUT2D eigenvalue weighted by Gasteiger charge is -2.35. The third kappa shape index (κ3) is 3.31. The van der Waals surface area contributed by atoms with E-state index in [0.29, 0.717) is 31.7 Å². The molecule has 1 fully saturated rings. The predicted octanol–water partition coefficient (Wildman–Crippen LogP) is 3.64. The van der Waals surface area contributed by atoms with Gasteiger partial charge in [0, 0.05) is 53.9 Å². The van der Waals surface area contributed by atoms with Crippen LogP contribution in [0.1, 0.15) is 44.8 Å². The number of aromatic nitrogens is 1. The topological polar surface area (TPSA) is 56.4 Å². The van der Waals surface area contributed by atoms with Crippen LogP contribution in [0.3, 0.4) is 0 Å². The summed E-state index contributed by atoms with van der Waals surface area (Å²) < 4.78 is 0. The van der Waals surface area contributed by atoms with Crippen molar-refractivity contribution in [3.8, 4) is 0 Å². The van der Waals surface area contributed by atoms with Gasteiger partial charge in [-0.25, -0.2) is 0 Å². The minimum Gasteiger partial charge on any atom is -0.358 e. The number of nitrogens with zero attached hydrogens (tertiary/aromatic N) is 2. The highest BCUT2D eigenvalue weighted by atomic mass is 16.2. The fourth-order valence-corrected chi connectivity index (χ4v) is 4.60. The van der Waals surface area contributed by atoms with E-state index in [1.807, 2.05) is 52.3 Å². The van der Waals surface area contributed by atoms with E-state index in [1.54, 1.807) is 0 Å². The molecule has 5 heteroatoms. The zero-order valence-corrected chi connectivity index (χ0v) is 16.5. The molecular weight excluding hydrogens is 362 g/mol. The third-order valence-corrected chi connectivity index (χ3v) is 6.22. The molecule has 1 saturated heterocycles. The second kappa shape index (κ2) is 7.39. The van der Waals surface area contributed by atoms with Gasteiger partial charge in [-0.3, -0.25) is 9.59 Å². The molecule has 2 aliphatic rings. The molecule has 5 nitrogen and oxygen atoms in total. The van der Waals surface area contributed by atoms with Crippen LogP contribution < -0.4 is 0 Å². The normalized spacial score (nSPS) is 16.7. The lowest BCUT2D eigenvalue weighted by atomic mass is 9.95. The standard InChI is InChI=1S/C24H25N3O2/c28-23(17-6-2-1-3-7-17)26-12-14-27(15-13-26)24(29)18-10-11-22-20(16-18)19-8-4-5-9-21(19)25-22/h1-3,6-7,10-11,16,25H,4-5,8-9,12-15H2. The van der Waals surface area contributed by atoms with Crippen LogP contribution in [-0.2, 0) is 12.8 Å². The fourth-order valence-electron chi connectivity index (χ4n) is 4.60. The van der Waals surface area contributed by atoms with Gasteiger partial charge in [-0.05, 0) is 61.6 Å². The van der Waals surface area contributed by atoms with Crippen LogP contribution in [0.25, 0.3) is 10.9 Å². The van der Waals surface area contributed by atoms with Gasteiger partial charge < -0.3 is 14.8 Å². The first-order valence-electron chi connectivity index (χ1n) is 10.5. The molecule has 0 atom stereocenters. The summed E-state index contributed by atoms with van der Waals surface area (Å²) in [4.78, 5) is 32.9. The summed E-state index contributed by atoms with van der Waals surface area (Å²) in [6, 6.07) is 15.4. The third-order valence-electron chi connectivity index (χ3n) is 6.22. The number of hydrogen-bond donors (Lipinski definition) is 1. The Hall–Kier alpha value is -3.08. The van der Waals surface area contributed by atoms with Crippen molar-refractivity contribution in [2.75, 3.05) is 26.2 Å². The smallest absolute Gasteiger partial charge is 0.253 e. The van der Waals surface area contributed by atoms with E-state index in [9.17, 15) is 9.59 Å². The van der Waals surface area contributed by atoms with E-state index in [2.05, 4.69) is 11.1 Å². The van der Waals surface area contributed by atoms with Crippen LogP contribution in [-0.4, -0.2) is 52.8 Å². The molecule has 5 rings (SSSR count). The van der Waals surface area contributed by atoms with Crippen LogP contribution in [0.15, 0.2) is 48.5 Å². The Balaban J connectivity index is 1.30. The number of rotatable bonds is 2. The number of aromatic amines is 1. The molecule has 29 heavy (non-hydrogen) atoms. The van der Waals surface area contributed by atoms with Crippen LogP contribution in [0, 0.1) is 0 Å². The molecule has 1 aliphatic heterocycles. The molecule has 148 valence electrons. The zero-order valence-electron chi connectivity index (χ0n) is 16.5. The largest absolute Gasteiger partial charge is 0.358 e. The number of fused-ring (bicyclic) bond motifs is 3. The second-order valence-electron chi connectivity index (χ2n) is 8.00. The maximum atomic E-state index is 13.1. The fraction of sp³-hybridized carbons (Fsp3) is 0.333. The van der Waals surface area contributed by atoms with Crippen molar-refractivity contribution in [1.29, 1.82) is 0 Å². The summed E-state index contributed by atoms with van der Waals surface area (Å²) in [6.07, 6.45) is 4.64. The van der Waals surface area contributed by atoms with Gasteiger partial charge in [0.25, 0.3) is 11.8 Å². The summed E-state index contributed by atoms with van der Waals surface area (Å²) in [5, 5.41) is 1.20. The Morgan fingerprint density at radius 1 is 0.759 bits per heavy atom. The van der Waals surface area contributed by atoms with E-state index < -0.39 is 0 Å². The molecule has 3 aromatic rings. The number of piperazine rings is 1. The van der Waals surface area contributed by atoms with Crippen molar-refractivity contribution in [3.05, 3.63) is 70.9 Å². The van der Waals surface area contributed by atoms with Crippen LogP contribution in [0.5, 0.6) is 0 Å². The first-order chi connectivity index (χ1) is 14.2. The molecule has 1 N–H and O–H groups in total. The van der Waals surface area contributed by atoms with Crippen molar-refractivity contribution in [2.45, 2.75) is 25.7 Å². The van der Waals surface area contributed by atoms with E-state index in [1.165, 1.54) is 29.5 Å². The lowest BCUT2D eigenvalue weighted by molar-refractivity contribution is 0.0535. The van der Waals surface area contributed by atoms with Crippen molar-refractivity contribution in [1.82, 2.24) is 14.8 Å². The van der Waals surface area contributed by atoms with Gasteiger partial charge in [-0.1, -0.05) is 18.2 Å². The molecule has 1 aromatic heterocycles. The molecule has 0 unspecified atom stereocenters. The van der Waals surface area contributed by atoms with Gasteiger partial charge in [0.1, 0.15) is 0 Å². The number of H-pyrrole nitrogens is 1. The van der Waals surface area contributed by atoms with E-state index in [-0.39, 0.29) is 11.8 Å². The number of carbonyl (C=O) groups excluding carboxylic acids is 2. The maximum absolute atomic E-state index is 13.1. The van der Waals surface area contributed by atoms with Crippen LogP contribution >= 0.6 is 0 Å². The number of carbonyl (C=O) groups is 2. The Morgan fingerprint density at radius 3 is 2.14 bits per heavy atom. The monoisotopic (exact) mass is 387 g/mol. The van der Waals surface area contributed by atoms with Gasteiger partial charge in [0.2, 0.25) is 0 Å². The van der Waals surface area contributed by atoms with Crippen LogP contribution in [0.4, 0.5) is 0 Å². The van der Waals surface area contributed by atoms with E-state index in [0.717, 1.165) is 23.9 Å². The molecule has 0 radical (unpaired) electrons. The molecule has 2 amide bonds. The van der Waals surface area contributed by atoms with Crippen LogP contribution in [0.2, 0.25) is 0 Å². The molecule has 0 saturated carbocycles. The van der Waals surface area contributed by atoms with Gasteiger partial charge >= 0.3 is 0 Å². The van der Waals surface area contributed by atoms with Gasteiger partial charge in [-0.2, -0.15) is 0 Å². The number of benzene rings is 2. The summed E-state index contributed by atoms with van der Waals surface area (Å²) >= 11 is 0. The molecule has 1 aliphatic carbocycles. The average molecular weight is 387 g/mol. The first kappa shape index (κ1) is 18.0. The second-order valence-corrected chi connectivity index (χ2v) is 8.00. The molecule has 0 spiro atoms. The Labute approximate surface area is 170 Å². The Bertz CT molecular complexity index is 1060. The average Bonchev–Trinajstić information content (AvgIpc) is 3.17. The molecule has 2 heterocycles. The zero-order chi connectivity index (χ0) is 19.8. The lowest BCUT2D eigenvalue weighted by Crippen LogP contribution is -2.50. The van der Waals surface area contributed by atoms with Crippen molar-refractivity contribution >= 4 is 22.7 Å². The van der Waals surface area contributed by atoms with Gasteiger partial charge in [0.15, 0.2) is 0 Å². The van der Waals surface area contributed by atoms with Crippen molar-refractivity contribution in [3.63, 3.8) is 0 Å². The number of amides is 2. The number of nitrogens with one attached hydrogen (secondary N) is 1. The highest BCUT2D eigenvalue weighted by Crippen LogP contribution is 2.30. The molecule has 0 bridgehead atoms. The minimum atomic E-state index is 0.0399. The summed E-state index contributed by atoms with van der Waals surface area (Å²) in [7, 11) is 0. The Kier molecular flexibility index (Phi) is 4.58. The minimum absolute atomic E-state index is 0.0399. The van der Waals surface area contributed by atoms with E-state index >= 15 is 0 Å². The number of aryl methyl sites for hydroxylation is 2. The van der Waals surface area contributed by atoms with Crippen molar-refractivity contribution in [2.24, 2.45) is 0 Å². The quantitative estimate of drug-likeness (QED) is 0.730. The summed E-state index contributed by atoms with van der Waals surface area (Å²) in [6.45, 7) is 2.28. The molecular formula is C24H25N3O2. The number of hydrogen-bond acceptors (Lipinski definition) is 2. The summed E-state index contributed by atoms with van der Waals surface area (Å²) in [5.41, 5.74) is 5.30. The van der Waals surface area contributed by atoms with Gasteiger partial charge in [-0.15, -0.1) is 0 Å². The summed E-state index contributed by atoms with van der Waals surface area (Å²) in [5.74, 6) is 0.0996. The van der Waals surface area contributed by atoms with Crippen molar-refractivity contribution < 1.29 is 9.59 Å². The van der Waals surface area contributed by atoms with E-state index in [4.69, 9.17) is 0 Å². The molecule has 2 aromatic carbocycles. The maximum Gasteiger partial charge on any atom is 0.253 e. The highest BCUT2D eigenvalue weighted by molar-refractivity contribution is 5.99. The van der Waals surface area contributed by atoms with Gasteiger partial charge in [0.05, 0.1) is 0 Å². The predicted molar refractivity (Wildman–Crippen MR) is 113 cm³/mol. The SMILES string of the molecule is O=C(c1ccccc1)N1CCN(C(=O)c2ccc3[nH]c4c(c3c2)CCCC4)CC1.